The Morgan fingerprint density at radius 2 is 2.00 bits per heavy atom. The summed E-state index contributed by atoms with van der Waals surface area (Å²) in [6, 6.07) is 11.3. The van der Waals surface area contributed by atoms with Crippen LogP contribution >= 0.6 is 0 Å². The molecule has 3 amide bonds. The molecule has 26 heavy (non-hydrogen) atoms. The lowest BCUT2D eigenvalue weighted by Gasteiger charge is -2.32. The van der Waals surface area contributed by atoms with Crippen molar-refractivity contribution in [3.05, 3.63) is 53.9 Å². The zero-order chi connectivity index (χ0) is 18.7. The second kappa shape index (κ2) is 7.43. The zero-order valence-electron chi connectivity index (χ0n) is 14.6. The van der Waals surface area contributed by atoms with E-state index in [1.807, 2.05) is 30.3 Å². The second-order valence-corrected chi connectivity index (χ2v) is 6.57. The van der Waals surface area contributed by atoms with E-state index in [1.54, 1.807) is 28.8 Å². The van der Waals surface area contributed by atoms with Gasteiger partial charge in [0.15, 0.2) is 0 Å². The molecular formula is C19H22N4O3. The largest absolute Gasteiger partial charge is 0.364 e. The number of piperidine rings is 1. The van der Waals surface area contributed by atoms with Crippen molar-refractivity contribution >= 4 is 23.4 Å². The van der Waals surface area contributed by atoms with Crippen LogP contribution in [0.4, 0.5) is 5.69 Å². The maximum Gasteiger partial charge on any atom is 0.265 e. The summed E-state index contributed by atoms with van der Waals surface area (Å²) in [7, 11) is 1.69. The van der Waals surface area contributed by atoms with Crippen LogP contribution in [0.3, 0.4) is 0 Å². The lowest BCUT2D eigenvalue weighted by atomic mass is 9.96. The predicted octanol–water partition coefficient (Wildman–Crippen LogP) is 1.50. The molecule has 1 unspecified atom stereocenters. The Morgan fingerprint density at radius 3 is 2.65 bits per heavy atom. The number of benzene rings is 1. The number of aromatic nitrogens is 1. The van der Waals surface area contributed by atoms with Crippen LogP contribution in [0.25, 0.3) is 0 Å². The van der Waals surface area contributed by atoms with E-state index in [0.717, 1.165) is 5.56 Å². The van der Waals surface area contributed by atoms with E-state index < -0.39 is 5.91 Å². The number of amides is 3. The van der Waals surface area contributed by atoms with E-state index >= 15 is 0 Å². The number of likely N-dealkylation sites (tertiary alicyclic amines) is 1. The lowest BCUT2D eigenvalue weighted by molar-refractivity contribution is -0.137. The Labute approximate surface area is 151 Å². The van der Waals surface area contributed by atoms with E-state index in [2.05, 4.69) is 5.32 Å². The normalized spacial score (nSPS) is 17.2. The number of nitrogens with one attached hydrogen (secondary N) is 1. The molecule has 1 aliphatic rings. The molecular weight excluding hydrogens is 332 g/mol. The maximum absolute atomic E-state index is 12.6. The SMILES string of the molecule is Cn1cc(NC(=O)C2CCC(=O)N(Cc3ccccc3)C2)cc1C(N)=O. The van der Waals surface area contributed by atoms with Crippen molar-refractivity contribution in [2.45, 2.75) is 19.4 Å². The summed E-state index contributed by atoms with van der Waals surface area (Å²) >= 11 is 0. The first-order valence-electron chi connectivity index (χ1n) is 8.53. The van der Waals surface area contributed by atoms with Crippen molar-refractivity contribution < 1.29 is 14.4 Å². The monoisotopic (exact) mass is 354 g/mol. The first-order valence-corrected chi connectivity index (χ1v) is 8.53. The van der Waals surface area contributed by atoms with Gasteiger partial charge < -0.3 is 20.5 Å². The average molecular weight is 354 g/mol. The van der Waals surface area contributed by atoms with Crippen LogP contribution in [0.1, 0.15) is 28.9 Å². The Bertz CT molecular complexity index is 829. The molecule has 3 rings (SSSR count). The van der Waals surface area contributed by atoms with Gasteiger partial charge >= 0.3 is 0 Å². The van der Waals surface area contributed by atoms with Crippen molar-refractivity contribution in [2.75, 3.05) is 11.9 Å². The third-order valence-corrected chi connectivity index (χ3v) is 4.61. The molecule has 136 valence electrons. The molecule has 1 fully saturated rings. The molecule has 1 saturated heterocycles. The Hall–Kier alpha value is -3.09. The fourth-order valence-corrected chi connectivity index (χ4v) is 3.21. The topological polar surface area (TPSA) is 97.4 Å². The molecule has 7 heteroatoms. The van der Waals surface area contributed by atoms with Crippen molar-refractivity contribution in [1.82, 2.24) is 9.47 Å². The van der Waals surface area contributed by atoms with Crippen LogP contribution in [0.15, 0.2) is 42.6 Å². The second-order valence-electron chi connectivity index (χ2n) is 6.57. The molecule has 0 radical (unpaired) electrons. The summed E-state index contributed by atoms with van der Waals surface area (Å²) < 4.78 is 1.57. The van der Waals surface area contributed by atoms with Crippen LogP contribution in [0.2, 0.25) is 0 Å². The molecule has 2 aromatic rings. The minimum absolute atomic E-state index is 0.0635. The third kappa shape index (κ3) is 3.93. The van der Waals surface area contributed by atoms with Crippen molar-refractivity contribution in [3.8, 4) is 0 Å². The molecule has 0 aliphatic carbocycles. The Kier molecular flexibility index (Phi) is 5.06. The molecule has 0 spiro atoms. The van der Waals surface area contributed by atoms with Gasteiger partial charge in [0, 0.05) is 32.8 Å². The fourth-order valence-electron chi connectivity index (χ4n) is 3.21. The van der Waals surface area contributed by atoms with Gasteiger partial charge in [-0.1, -0.05) is 30.3 Å². The van der Waals surface area contributed by atoms with Gasteiger partial charge in [-0.3, -0.25) is 14.4 Å². The van der Waals surface area contributed by atoms with Crippen LogP contribution in [-0.2, 0) is 23.2 Å². The van der Waals surface area contributed by atoms with Crippen molar-refractivity contribution in [2.24, 2.45) is 18.7 Å². The van der Waals surface area contributed by atoms with Gasteiger partial charge in [0.2, 0.25) is 11.8 Å². The summed E-state index contributed by atoms with van der Waals surface area (Å²) in [5, 5.41) is 2.82. The molecule has 1 aliphatic heterocycles. The number of carbonyl (C=O) groups is 3. The number of hydrogen-bond donors (Lipinski definition) is 2. The smallest absolute Gasteiger partial charge is 0.265 e. The molecule has 2 heterocycles. The molecule has 0 bridgehead atoms. The molecule has 1 aromatic heterocycles. The summed E-state index contributed by atoms with van der Waals surface area (Å²) in [6.45, 7) is 0.885. The van der Waals surface area contributed by atoms with Crippen LogP contribution < -0.4 is 11.1 Å². The van der Waals surface area contributed by atoms with Gasteiger partial charge in [0.1, 0.15) is 5.69 Å². The van der Waals surface area contributed by atoms with Gasteiger partial charge in [0.05, 0.1) is 11.6 Å². The number of anilines is 1. The van der Waals surface area contributed by atoms with Crippen molar-refractivity contribution in [3.63, 3.8) is 0 Å². The third-order valence-electron chi connectivity index (χ3n) is 4.61. The van der Waals surface area contributed by atoms with Gasteiger partial charge in [0.25, 0.3) is 5.91 Å². The number of primary amides is 1. The maximum atomic E-state index is 12.6. The minimum atomic E-state index is -0.551. The quantitative estimate of drug-likeness (QED) is 0.851. The van der Waals surface area contributed by atoms with Gasteiger partial charge in [-0.25, -0.2) is 0 Å². The predicted molar refractivity (Wildman–Crippen MR) is 97.1 cm³/mol. The molecule has 1 atom stereocenters. The molecule has 0 saturated carbocycles. The van der Waals surface area contributed by atoms with E-state index in [-0.39, 0.29) is 17.7 Å². The zero-order valence-corrected chi connectivity index (χ0v) is 14.6. The summed E-state index contributed by atoms with van der Waals surface area (Å²) in [4.78, 5) is 37.8. The first-order chi connectivity index (χ1) is 12.4. The highest BCUT2D eigenvalue weighted by molar-refractivity contribution is 5.97. The number of carbonyl (C=O) groups excluding carboxylic acids is 3. The number of nitrogens with zero attached hydrogens (tertiary/aromatic N) is 2. The standard InChI is InChI=1S/C19H22N4O3/c1-22-12-15(9-16(22)18(20)25)21-19(26)14-7-8-17(24)23(11-14)10-13-5-3-2-4-6-13/h2-6,9,12,14H,7-8,10-11H2,1H3,(H2,20,25)(H,21,26). The number of hydrogen-bond acceptors (Lipinski definition) is 3. The summed E-state index contributed by atoms with van der Waals surface area (Å²) in [5.74, 6) is -0.926. The highest BCUT2D eigenvalue weighted by Gasteiger charge is 2.30. The van der Waals surface area contributed by atoms with E-state index in [1.165, 1.54) is 0 Å². The average Bonchev–Trinajstić information content (AvgIpc) is 2.98. The van der Waals surface area contributed by atoms with E-state index in [4.69, 9.17) is 5.73 Å². The Balaban J connectivity index is 1.65. The molecule has 1 aromatic carbocycles. The van der Waals surface area contributed by atoms with Crippen LogP contribution in [-0.4, -0.2) is 33.7 Å². The van der Waals surface area contributed by atoms with E-state index in [9.17, 15) is 14.4 Å². The summed E-state index contributed by atoms with van der Waals surface area (Å²) in [5.41, 5.74) is 7.18. The van der Waals surface area contributed by atoms with Gasteiger partial charge in [-0.05, 0) is 18.1 Å². The highest BCUT2D eigenvalue weighted by Crippen LogP contribution is 2.22. The van der Waals surface area contributed by atoms with Crippen LogP contribution in [0, 0.1) is 5.92 Å². The number of rotatable bonds is 5. The number of aryl methyl sites for hydroxylation is 1. The van der Waals surface area contributed by atoms with Gasteiger partial charge in [-0.15, -0.1) is 0 Å². The molecule has 3 N–H and O–H groups in total. The number of nitrogens with two attached hydrogens (primary N) is 1. The Morgan fingerprint density at radius 1 is 1.27 bits per heavy atom. The first kappa shape index (κ1) is 17.7. The van der Waals surface area contributed by atoms with E-state index in [0.29, 0.717) is 37.3 Å². The van der Waals surface area contributed by atoms with Crippen LogP contribution in [0.5, 0.6) is 0 Å². The lowest BCUT2D eigenvalue weighted by Crippen LogP contribution is -2.43. The minimum Gasteiger partial charge on any atom is -0.364 e. The fraction of sp³-hybridized carbons (Fsp3) is 0.316. The molecule has 7 nitrogen and oxygen atoms in total. The summed E-state index contributed by atoms with van der Waals surface area (Å²) in [6.07, 6.45) is 2.52. The van der Waals surface area contributed by atoms with Crippen molar-refractivity contribution in [1.29, 1.82) is 0 Å². The highest BCUT2D eigenvalue weighted by atomic mass is 16.2. The van der Waals surface area contributed by atoms with Gasteiger partial charge in [-0.2, -0.15) is 0 Å².